The predicted octanol–water partition coefficient (Wildman–Crippen LogP) is 2.46. The second-order valence-corrected chi connectivity index (χ2v) is 6.22. The van der Waals surface area contributed by atoms with Gasteiger partial charge in [-0.1, -0.05) is 24.3 Å². The summed E-state index contributed by atoms with van der Waals surface area (Å²) in [4.78, 5) is 26.7. The summed E-state index contributed by atoms with van der Waals surface area (Å²) >= 11 is 0. The van der Waals surface area contributed by atoms with Crippen molar-refractivity contribution in [2.75, 3.05) is 11.9 Å². The van der Waals surface area contributed by atoms with Crippen LogP contribution in [0.1, 0.15) is 32.2 Å². The molecule has 0 saturated carbocycles. The molecule has 4 rings (SSSR count). The Balaban J connectivity index is 1.50. The molecule has 1 aromatic carbocycles. The predicted molar refractivity (Wildman–Crippen MR) is 94.8 cm³/mol. The van der Waals surface area contributed by atoms with Crippen molar-refractivity contribution in [1.82, 2.24) is 14.7 Å². The zero-order valence-electron chi connectivity index (χ0n) is 14.3. The van der Waals surface area contributed by atoms with Gasteiger partial charge in [0.05, 0.1) is 6.26 Å². The van der Waals surface area contributed by atoms with Gasteiger partial charge in [0.2, 0.25) is 0 Å². The summed E-state index contributed by atoms with van der Waals surface area (Å²) in [7, 11) is 1.68. The van der Waals surface area contributed by atoms with E-state index in [4.69, 9.17) is 4.42 Å². The van der Waals surface area contributed by atoms with Crippen LogP contribution in [0.4, 0.5) is 5.82 Å². The van der Waals surface area contributed by atoms with Crippen molar-refractivity contribution in [2.24, 2.45) is 7.05 Å². The van der Waals surface area contributed by atoms with Crippen molar-refractivity contribution in [1.29, 1.82) is 0 Å². The van der Waals surface area contributed by atoms with Crippen LogP contribution in [0.3, 0.4) is 0 Å². The minimum atomic E-state index is -0.385. The molecule has 26 heavy (non-hydrogen) atoms. The Morgan fingerprint density at radius 3 is 2.73 bits per heavy atom. The van der Waals surface area contributed by atoms with E-state index in [-0.39, 0.29) is 17.6 Å². The molecule has 7 nitrogen and oxygen atoms in total. The summed E-state index contributed by atoms with van der Waals surface area (Å²) in [5, 5.41) is 6.96. The van der Waals surface area contributed by atoms with Gasteiger partial charge in [-0.2, -0.15) is 5.10 Å². The average Bonchev–Trinajstić information content (AvgIpc) is 3.31. The third kappa shape index (κ3) is 2.99. The lowest BCUT2D eigenvalue weighted by Gasteiger charge is -2.28. The molecule has 0 radical (unpaired) electrons. The van der Waals surface area contributed by atoms with Crippen LogP contribution in [0.2, 0.25) is 0 Å². The Bertz CT molecular complexity index is 959. The van der Waals surface area contributed by atoms with Gasteiger partial charge in [0.15, 0.2) is 11.5 Å². The molecule has 0 atom stereocenters. The maximum Gasteiger partial charge on any atom is 0.292 e. The first-order chi connectivity index (χ1) is 12.6. The monoisotopic (exact) mass is 350 g/mol. The lowest BCUT2D eigenvalue weighted by Crippen LogP contribution is -2.36. The number of hydrogen-bond donors (Lipinski definition) is 1. The van der Waals surface area contributed by atoms with Crippen LogP contribution in [0.5, 0.6) is 0 Å². The third-order valence-electron chi connectivity index (χ3n) is 4.50. The van der Waals surface area contributed by atoms with E-state index in [0.717, 1.165) is 12.0 Å². The minimum absolute atomic E-state index is 0.145. The van der Waals surface area contributed by atoms with Crippen molar-refractivity contribution < 1.29 is 14.0 Å². The van der Waals surface area contributed by atoms with Crippen LogP contribution in [0.25, 0.3) is 0 Å². The summed E-state index contributed by atoms with van der Waals surface area (Å²) in [5.74, 6) is 0.108. The quantitative estimate of drug-likeness (QED) is 0.787. The largest absolute Gasteiger partial charge is 0.459 e. The molecule has 0 spiro atoms. The van der Waals surface area contributed by atoms with E-state index in [1.165, 1.54) is 16.5 Å². The highest BCUT2D eigenvalue weighted by atomic mass is 16.3. The molecule has 3 heterocycles. The van der Waals surface area contributed by atoms with Crippen molar-refractivity contribution >= 4 is 17.6 Å². The van der Waals surface area contributed by atoms with Gasteiger partial charge in [-0.15, -0.1) is 0 Å². The molecule has 2 aromatic heterocycles. The average molecular weight is 350 g/mol. The van der Waals surface area contributed by atoms with E-state index in [1.807, 2.05) is 18.2 Å². The maximum atomic E-state index is 12.8. The number of aryl methyl sites for hydroxylation is 1. The van der Waals surface area contributed by atoms with Crippen LogP contribution in [-0.4, -0.2) is 33.0 Å². The first-order valence-electron chi connectivity index (χ1n) is 8.37. The standard InChI is InChI=1S/C19H18N4O3/c1-22-17(20-18(24)16-7-4-10-26-16)11-15(21-22)19(25)23-9-8-13-5-2-3-6-14(13)12-23/h2-7,10-11H,8-9,12H2,1H3,(H,20,24). The number of carbonyl (C=O) groups excluding carboxylic acids is 2. The fourth-order valence-electron chi connectivity index (χ4n) is 3.11. The van der Waals surface area contributed by atoms with Crippen molar-refractivity contribution in [3.63, 3.8) is 0 Å². The van der Waals surface area contributed by atoms with Gasteiger partial charge >= 0.3 is 0 Å². The van der Waals surface area contributed by atoms with Crippen LogP contribution >= 0.6 is 0 Å². The smallest absolute Gasteiger partial charge is 0.292 e. The van der Waals surface area contributed by atoms with Gasteiger partial charge in [-0.25, -0.2) is 0 Å². The van der Waals surface area contributed by atoms with Crippen molar-refractivity contribution in [2.45, 2.75) is 13.0 Å². The SMILES string of the molecule is Cn1nc(C(=O)N2CCc3ccccc3C2)cc1NC(=O)c1ccco1. The van der Waals surface area contributed by atoms with Crippen molar-refractivity contribution in [3.8, 4) is 0 Å². The van der Waals surface area contributed by atoms with Crippen LogP contribution < -0.4 is 5.32 Å². The lowest BCUT2D eigenvalue weighted by molar-refractivity contribution is 0.0727. The number of benzene rings is 1. The minimum Gasteiger partial charge on any atom is -0.459 e. The Labute approximate surface area is 150 Å². The van der Waals surface area contributed by atoms with Gasteiger partial charge in [-0.05, 0) is 29.7 Å². The molecule has 7 heteroatoms. The first kappa shape index (κ1) is 16.1. The van der Waals surface area contributed by atoms with E-state index in [2.05, 4.69) is 16.5 Å². The Morgan fingerprint density at radius 2 is 1.96 bits per heavy atom. The first-order valence-corrected chi connectivity index (χ1v) is 8.37. The number of furan rings is 1. The molecule has 1 N–H and O–H groups in total. The number of fused-ring (bicyclic) bond motifs is 1. The molecule has 1 aliphatic rings. The van der Waals surface area contributed by atoms with Gasteiger partial charge in [0.25, 0.3) is 11.8 Å². The number of carbonyl (C=O) groups is 2. The number of hydrogen-bond acceptors (Lipinski definition) is 4. The second-order valence-electron chi connectivity index (χ2n) is 6.22. The molecular formula is C19H18N4O3. The zero-order valence-corrected chi connectivity index (χ0v) is 14.3. The number of anilines is 1. The topological polar surface area (TPSA) is 80.4 Å². The highest BCUT2D eigenvalue weighted by molar-refractivity contribution is 6.02. The number of aromatic nitrogens is 2. The fraction of sp³-hybridized carbons (Fsp3) is 0.211. The van der Waals surface area contributed by atoms with Gasteiger partial charge in [0, 0.05) is 26.2 Å². The van der Waals surface area contributed by atoms with E-state index >= 15 is 0 Å². The van der Waals surface area contributed by atoms with Crippen LogP contribution in [0, 0.1) is 0 Å². The number of nitrogens with zero attached hydrogens (tertiary/aromatic N) is 3. The third-order valence-corrected chi connectivity index (χ3v) is 4.50. The number of rotatable bonds is 3. The molecule has 132 valence electrons. The summed E-state index contributed by atoms with van der Waals surface area (Å²) < 4.78 is 6.55. The van der Waals surface area contributed by atoms with Gasteiger partial charge in [-0.3, -0.25) is 14.3 Å². The zero-order chi connectivity index (χ0) is 18.1. The molecule has 0 aliphatic carbocycles. The highest BCUT2D eigenvalue weighted by Crippen LogP contribution is 2.21. The summed E-state index contributed by atoms with van der Waals surface area (Å²) in [6.07, 6.45) is 2.26. The molecule has 2 amide bonds. The van der Waals surface area contributed by atoms with E-state index in [9.17, 15) is 9.59 Å². The van der Waals surface area contributed by atoms with Crippen LogP contribution in [0.15, 0.2) is 53.1 Å². The highest BCUT2D eigenvalue weighted by Gasteiger charge is 2.24. The van der Waals surface area contributed by atoms with Crippen LogP contribution in [-0.2, 0) is 20.0 Å². The normalized spacial score (nSPS) is 13.3. The molecule has 3 aromatic rings. The summed E-state index contributed by atoms with van der Waals surface area (Å²) in [6, 6.07) is 12.9. The fourth-order valence-corrected chi connectivity index (χ4v) is 3.11. The lowest BCUT2D eigenvalue weighted by atomic mass is 10.00. The maximum absolute atomic E-state index is 12.8. The Kier molecular flexibility index (Phi) is 4.04. The summed E-state index contributed by atoms with van der Waals surface area (Å²) in [6.45, 7) is 1.22. The molecular weight excluding hydrogens is 332 g/mol. The number of nitrogens with one attached hydrogen (secondary N) is 1. The molecule has 0 bridgehead atoms. The Hall–Kier alpha value is -3.35. The molecule has 0 unspecified atom stereocenters. The van der Waals surface area contributed by atoms with Gasteiger partial charge < -0.3 is 14.6 Å². The molecule has 0 fully saturated rings. The van der Waals surface area contributed by atoms with Crippen molar-refractivity contribution in [3.05, 3.63) is 71.3 Å². The van der Waals surface area contributed by atoms with E-state index in [1.54, 1.807) is 30.1 Å². The van der Waals surface area contributed by atoms with Gasteiger partial charge in [0.1, 0.15) is 5.82 Å². The summed E-state index contributed by atoms with van der Waals surface area (Å²) in [5.41, 5.74) is 2.75. The second kappa shape index (κ2) is 6.51. The van der Waals surface area contributed by atoms with E-state index < -0.39 is 0 Å². The number of amides is 2. The molecule has 1 aliphatic heterocycles. The van der Waals surface area contributed by atoms with E-state index in [0.29, 0.717) is 24.6 Å². The molecule has 0 saturated heterocycles. The Morgan fingerprint density at radius 1 is 1.15 bits per heavy atom.